The standard InChI is InChI=1S/C16H10Cl2N2O8S2/c17-8-1-2-11(10(18)5-8)19-20-15-13(30(26,27)28)4-7-3-9(29(23,24)25)6-12(21)14(7)16(15)22/h1-6,21-22H,(H,23,24,25)(H,26,27,28). The lowest BCUT2D eigenvalue weighted by molar-refractivity contribution is 0.457. The third kappa shape index (κ3) is 4.33. The topological polar surface area (TPSA) is 174 Å². The zero-order valence-corrected chi connectivity index (χ0v) is 17.5. The van der Waals surface area contributed by atoms with Crippen LogP contribution in [0.4, 0.5) is 11.4 Å². The van der Waals surface area contributed by atoms with Crippen LogP contribution in [0.2, 0.25) is 10.0 Å². The van der Waals surface area contributed by atoms with Crippen LogP contribution in [-0.2, 0) is 20.2 Å². The third-order valence-electron chi connectivity index (χ3n) is 3.85. The first-order valence-corrected chi connectivity index (χ1v) is 11.3. The van der Waals surface area contributed by atoms with Crippen LogP contribution in [0.15, 0.2) is 56.4 Å². The van der Waals surface area contributed by atoms with Gasteiger partial charge in [-0.2, -0.15) is 16.8 Å². The molecule has 0 aliphatic rings. The molecule has 10 nitrogen and oxygen atoms in total. The van der Waals surface area contributed by atoms with Crippen molar-refractivity contribution in [2.75, 3.05) is 0 Å². The molecule has 3 rings (SSSR count). The summed E-state index contributed by atoms with van der Waals surface area (Å²) in [4.78, 5) is -1.70. The second kappa shape index (κ2) is 7.65. The molecule has 3 aromatic carbocycles. The smallest absolute Gasteiger partial charge is 0.296 e. The van der Waals surface area contributed by atoms with E-state index in [1.54, 1.807) is 0 Å². The van der Waals surface area contributed by atoms with Crippen LogP contribution in [0.3, 0.4) is 0 Å². The second-order valence-corrected chi connectivity index (χ2v) is 9.51. The van der Waals surface area contributed by atoms with Gasteiger partial charge in [0.25, 0.3) is 20.2 Å². The number of aromatic hydroxyl groups is 2. The van der Waals surface area contributed by atoms with E-state index in [1.807, 2.05) is 0 Å². The lowest BCUT2D eigenvalue weighted by Crippen LogP contribution is -2.01. The molecule has 0 heterocycles. The minimum absolute atomic E-state index is 0.0489. The van der Waals surface area contributed by atoms with Gasteiger partial charge in [-0.05, 0) is 35.7 Å². The Hall–Kier alpha value is -2.48. The quantitative estimate of drug-likeness (QED) is 0.304. The van der Waals surface area contributed by atoms with Crippen molar-refractivity contribution < 1.29 is 36.2 Å². The van der Waals surface area contributed by atoms with Crippen LogP contribution in [0.25, 0.3) is 10.8 Å². The number of benzene rings is 3. The molecule has 0 bridgehead atoms. The van der Waals surface area contributed by atoms with Crippen molar-refractivity contribution in [3.8, 4) is 11.5 Å². The summed E-state index contributed by atoms with van der Waals surface area (Å²) >= 11 is 11.7. The van der Waals surface area contributed by atoms with Gasteiger partial charge >= 0.3 is 0 Å². The number of rotatable bonds is 4. The number of azo groups is 1. The summed E-state index contributed by atoms with van der Waals surface area (Å²) in [6.07, 6.45) is 0. The Labute approximate surface area is 179 Å². The summed E-state index contributed by atoms with van der Waals surface area (Å²) < 4.78 is 65.0. The van der Waals surface area contributed by atoms with Gasteiger partial charge in [-0.3, -0.25) is 9.11 Å². The predicted molar refractivity (Wildman–Crippen MR) is 108 cm³/mol. The Kier molecular flexibility index (Phi) is 5.66. The highest BCUT2D eigenvalue weighted by Gasteiger charge is 2.25. The molecule has 0 atom stereocenters. The van der Waals surface area contributed by atoms with Crippen molar-refractivity contribution in [1.29, 1.82) is 0 Å². The maximum atomic E-state index is 11.8. The van der Waals surface area contributed by atoms with E-state index < -0.39 is 52.6 Å². The molecule has 0 amide bonds. The normalized spacial score (nSPS) is 12.7. The summed E-state index contributed by atoms with van der Waals surface area (Å²) in [5.41, 5.74) is -0.696. The number of nitrogens with zero attached hydrogens (tertiary/aromatic N) is 2. The van der Waals surface area contributed by atoms with Gasteiger partial charge in [0.1, 0.15) is 22.0 Å². The first-order chi connectivity index (χ1) is 13.8. The van der Waals surface area contributed by atoms with Crippen molar-refractivity contribution in [3.63, 3.8) is 0 Å². The van der Waals surface area contributed by atoms with Gasteiger partial charge in [-0.1, -0.05) is 23.2 Å². The predicted octanol–water partition coefficient (Wildman–Crippen LogP) is 4.47. The molecule has 14 heteroatoms. The average molecular weight is 493 g/mol. The number of phenols is 2. The number of hydrogen-bond donors (Lipinski definition) is 4. The summed E-state index contributed by atoms with van der Waals surface area (Å²) in [7, 11) is -9.75. The fourth-order valence-electron chi connectivity index (χ4n) is 2.55. The molecule has 4 N–H and O–H groups in total. The Morgan fingerprint density at radius 2 is 1.50 bits per heavy atom. The molecule has 0 radical (unpaired) electrons. The van der Waals surface area contributed by atoms with Crippen molar-refractivity contribution in [3.05, 3.63) is 46.4 Å². The maximum Gasteiger partial charge on any atom is 0.296 e. The Bertz CT molecular complexity index is 1440. The van der Waals surface area contributed by atoms with E-state index in [1.165, 1.54) is 18.2 Å². The monoisotopic (exact) mass is 492 g/mol. The fraction of sp³-hybridized carbons (Fsp3) is 0. The molecule has 0 saturated carbocycles. The summed E-state index contributed by atoms with van der Waals surface area (Å²) in [5, 5.41) is 27.6. The molecule has 3 aromatic rings. The fourth-order valence-corrected chi connectivity index (χ4v) is 4.19. The van der Waals surface area contributed by atoms with E-state index in [9.17, 15) is 31.6 Å². The molecule has 0 spiro atoms. The van der Waals surface area contributed by atoms with E-state index in [4.69, 9.17) is 27.8 Å². The Morgan fingerprint density at radius 3 is 2.07 bits per heavy atom. The van der Waals surface area contributed by atoms with Crippen LogP contribution in [0.1, 0.15) is 0 Å². The van der Waals surface area contributed by atoms with Crippen LogP contribution < -0.4 is 0 Å². The maximum absolute atomic E-state index is 11.8. The van der Waals surface area contributed by atoms with E-state index in [-0.39, 0.29) is 16.1 Å². The molecular weight excluding hydrogens is 483 g/mol. The molecular formula is C16H10Cl2N2O8S2. The Morgan fingerprint density at radius 1 is 0.833 bits per heavy atom. The molecule has 30 heavy (non-hydrogen) atoms. The van der Waals surface area contributed by atoms with E-state index in [2.05, 4.69) is 10.2 Å². The van der Waals surface area contributed by atoms with Gasteiger partial charge in [0.15, 0.2) is 5.75 Å². The van der Waals surface area contributed by atoms with Crippen LogP contribution in [0, 0.1) is 0 Å². The van der Waals surface area contributed by atoms with E-state index in [0.29, 0.717) is 11.1 Å². The lowest BCUT2D eigenvalue weighted by Gasteiger charge is -2.11. The van der Waals surface area contributed by atoms with Crippen molar-refractivity contribution >= 4 is 65.6 Å². The van der Waals surface area contributed by atoms with Crippen molar-refractivity contribution in [2.45, 2.75) is 9.79 Å². The molecule has 0 aromatic heterocycles. The minimum Gasteiger partial charge on any atom is -0.507 e. The highest BCUT2D eigenvalue weighted by atomic mass is 35.5. The average Bonchev–Trinajstić information content (AvgIpc) is 2.60. The number of hydrogen-bond acceptors (Lipinski definition) is 8. The first kappa shape index (κ1) is 22.2. The number of fused-ring (bicyclic) bond motifs is 1. The SMILES string of the molecule is O=S(=O)(O)c1cc(O)c2c(O)c(N=Nc3ccc(Cl)cc3Cl)c(S(=O)(=O)O)cc2c1. The first-order valence-electron chi connectivity index (χ1n) is 7.63. The van der Waals surface area contributed by atoms with E-state index in [0.717, 1.165) is 12.1 Å². The molecule has 0 fully saturated rings. The lowest BCUT2D eigenvalue weighted by atomic mass is 10.1. The second-order valence-electron chi connectivity index (χ2n) is 5.86. The minimum atomic E-state index is -4.99. The summed E-state index contributed by atoms with van der Waals surface area (Å²) in [6.45, 7) is 0. The highest BCUT2D eigenvalue weighted by molar-refractivity contribution is 7.86. The Balaban J connectivity index is 2.34. The largest absolute Gasteiger partial charge is 0.507 e. The van der Waals surface area contributed by atoms with Crippen LogP contribution in [0.5, 0.6) is 11.5 Å². The van der Waals surface area contributed by atoms with Crippen LogP contribution in [-0.4, -0.2) is 36.2 Å². The molecule has 0 aliphatic carbocycles. The van der Waals surface area contributed by atoms with Gasteiger partial charge in [-0.15, -0.1) is 10.2 Å². The van der Waals surface area contributed by atoms with Gasteiger partial charge in [0.2, 0.25) is 0 Å². The summed E-state index contributed by atoms with van der Waals surface area (Å²) in [5.74, 6) is -1.73. The summed E-state index contributed by atoms with van der Waals surface area (Å²) in [6, 6.07) is 6.29. The van der Waals surface area contributed by atoms with Gasteiger partial charge in [-0.25, -0.2) is 0 Å². The zero-order valence-electron chi connectivity index (χ0n) is 14.4. The van der Waals surface area contributed by atoms with E-state index >= 15 is 0 Å². The zero-order chi connectivity index (χ0) is 22.4. The van der Waals surface area contributed by atoms with Crippen LogP contribution >= 0.6 is 23.2 Å². The molecule has 0 saturated heterocycles. The van der Waals surface area contributed by atoms with Crippen molar-refractivity contribution in [1.82, 2.24) is 0 Å². The number of phenolic OH excluding ortho intramolecular Hbond substituents is 2. The van der Waals surface area contributed by atoms with Crippen molar-refractivity contribution in [2.24, 2.45) is 10.2 Å². The van der Waals surface area contributed by atoms with Gasteiger partial charge < -0.3 is 10.2 Å². The van der Waals surface area contributed by atoms with Gasteiger partial charge in [0, 0.05) is 11.1 Å². The third-order valence-corrected chi connectivity index (χ3v) is 6.08. The number of halogens is 2. The molecule has 0 unspecified atom stereocenters. The van der Waals surface area contributed by atoms with Gasteiger partial charge in [0.05, 0.1) is 15.3 Å². The molecule has 0 aliphatic heterocycles. The highest BCUT2D eigenvalue weighted by Crippen LogP contribution is 2.45. The molecule has 158 valence electrons.